The highest BCUT2D eigenvalue weighted by molar-refractivity contribution is 5.80. The maximum absolute atomic E-state index is 10.4. The standard InChI is InChI=1S/C8H9N3O3/c9-8(10)4-5-3-6(11(13)14)1-2-7(5)12/h1-3,12H,4H2,(H3,9,10). The Hall–Kier alpha value is -2.11. The van der Waals surface area contributed by atoms with E-state index < -0.39 is 4.92 Å². The molecule has 0 unspecified atom stereocenters. The second kappa shape index (κ2) is 3.73. The van der Waals surface area contributed by atoms with Gasteiger partial charge in [-0.3, -0.25) is 15.5 Å². The van der Waals surface area contributed by atoms with Crippen molar-refractivity contribution in [1.82, 2.24) is 0 Å². The molecule has 74 valence electrons. The van der Waals surface area contributed by atoms with Crippen LogP contribution in [0, 0.1) is 15.5 Å². The first-order chi connectivity index (χ1) is 6.50. The predicted octanol–water partition coefficient (Wildman–Crippen LogP) is 0.779. The van der Waals surface area contributed by atoms with Gasteiger partial charge in [-0.05, 0) is 6.07 Å². The van der Waals surface area contributed by atoms with Crippen LogP contribution in [0.1, 0.15) is 5.56 Å². The highest BCUT2D eigenvalue weighted by Crippen LogP contribution is 2.22. The third kappa shape index (κ3) is 2.19. The Kier molecular flexibility index (Phi) is 2.66. The molecule has 0 atom stereocenters. The number of nitrogens with one attached hydrogen (secondary N) is 1. The molecule has 6 heteroatoms. The second-order valence-corrected chi connectivity index (χ2v) is 2.77. The van der Waals surface area contributed by atoms with Crippen molar-refractivity contribution in [2.24, 2.45) is 5.73 Å². The molecule has 0 bridgehead atoms. The van der Waals surface area contributed by atoms with Gasteiger partial charge in [0, 0.05) is 24.1 Å². The van der Waals surface area contributed by atoms with Gasteiger partial charge in [0.25, 0.3) is 5.69 Å². The summed E-state index contributed by atoms with van der Waals surface area (Å²) in [5, 5.41) is 26.7. The molecule has 1 aromatic carbocycles. The average Bonchev–Trinajstić information content (AvgIpc) is 2.07. The number of nitro groups is 1. The summed E-state index contributed by atoms with van der Waals surface area (Å²) in [6, 6.07) is 3.62. The molecule has 0 amide bonds. The van der Waals surface area contributed by atoms with Crippen LogP contribution in [-0.4, -0.2) is 15.9 Å². The van der Waals surface area contributed by atoms with Gasteiger partial charge >= 0.3 is 0 Å². The average molecular weight is 195 g/mol. The van der Waals surface area contributed by atoms with Crippen molar-refractivity contribution in [3.05, 3.63) is 33.9 Å². The zero-order valence-corrected chi connectivity index (χ0v) is 7.23. The third-order valence-corrected chi connectivity index (χ3v) is 1.65. The zero-order chi connectivity index (χ0) is 10.7. The Labute approximate surface area is 79.6 Å². The molecule has 0 aromatic heterocycles. The van der Waals surface area contributed by atoms with Crippen LogP contribution >= 0.6 is 0 Å². The first-order valence-electron chi connectivity index (χ1n) is 3.80. The summed E-state index contributed by atoms with van der Waals surface area (Å²) in [5.74, 6) is -0.244. The number of non-ortho nitro benzene ring substituents is 1. The molecule has 4 N–H and O–H groups in total. The lowest BCUT2D eigenvalue weighted by molar-refractivity contribution is -0.384. The minimum absolute atomic E-state index is 0.00745. The summed E-state index contributed by atoms with van der Waals surface area (Å²) in [7, 11) is 0. The third-order valence-electron chi connectivity index (χ3n) is 1.65. The Morgan fingerprint density at radius 1 is 1.64 bits per heavy atom. The summed E-state index contributed by atoms with van der Waals surface area (Å²) in [6.45, 7) is 0. The Morgan fingerprint density at radius 3 is 2.79 bits per heavy atom. The lowest BCUT2D eigenvalue weighted by Gasteiger charge is -2.02. The Bertz CT molecular complexity index is 389. The fourth-order valence-corrected chi connectivity index (χ4v) is 1.03. The number of nitro benzene ring substituents is 1. The van der Waals surface area contributed by atoms with Crippen LogP contribution in [0.15, 0.2) is 18.2 Å². The number of benzene rings is 1. The number of rotatable bonds is 3. The lowest BCUT2D eigenvalue weighted by Crippen LogP contribution is -2.12. The van der Waals surface area contributed by atoms with Crippen LogP contribution in [0.2, 0.25) is 0 Å². The van der Waals surface area contributed by atoms with Crippen LogP contribution in [0.3, 0.4) is 0 Å². The van der Waals surface area contributed by atoms with Crippen LogP contribution in [0.4, 0.5) is 5.69 Å². The number of phenolic OH excluding ortho intramolecular Hbond substituents is 1. The van der Waals surface area contributed by atoms with E-state index in [1.165, 1.54) is 18.2 Å². The first-order valence-corrected chi connectivity index (χ1v) is 3.80. The first kappa shape index (κ1) is 9.97. The summed E-state index contributed by atoms with van der Waals surface area (Å²) in [4.78, 5) is 9.82. The van der Waals surface area contributed by atoms with Crippen molar-refractivity contribution in [2.45, 2.75) is 6.42 Å². The number of amidine groups is 1. The van der Waals surface area contributed by atoms with E-state index in [2.05, 4.69) is 0 Å². The van der Waals surface area contributed by atoms with Gasteiger partial charge < -0.3 is 10.8 Å². The van der Waals surface area contributed by atoms with Gasteiger partial charge in [0.2, 0.25) is 0 Å². The molecule has 0 aliphatic heterocycles. The second-order valence-electron chi connectivity index (χ2n) is 2.77. The van der Waals surface area contributed by atoms with Gasteiger partial charge in [0.1, 0.15) is 5.75 Å². The van der Waals surface area contributed by atoms with Crippen molar-refractivity contribution >= 4 is 11.5 Å². The van der Waals surface area contributed by atoms with E-state index in [9.17, 15) is 15.2 Å². The topological polar surface area (TPSA) is 113 Å². The van der Waals surface area contributed by atoms with E-state index in [0.29, 0.717) is 0 Å². The fourth-order valence-electron chi connectivity index (χ4n) is 1.03. The quantitative estimate of drug-likeness (QED) is 0.286. The molecule has 14 heavy (non-hydrogen) atoms. The SMILES string of the molecule is N=C(N)Cc1cc([N+](=O)[O-])ccc1O. The Morgan fingerprint density at radius 2 is 2.29 bits per heavy atom. The highest BCUT2D eigenvalue weighted by atomic mass is 16.6. The van der Waals surface area contributed by atoms with Gasteiger partial charge in [-0.15, -0.1) is 0 Å². The minimum atomic E-state index is -0.566. The number of hydrogen-bond donors (Lipinski definition) is 3. The van der Waals surface area contributed by atoms with Gasteiger partial charge in [-0.1, -0.05) is 0 Å². The molecule has 6 nitrogen and oxygen atoms in total. The molecule has 0 spiro atoms. The summed E-state index contributed by atoms with van der Waals surface area (Å²) in [5.41, 5.74) is 5.28. The molecule has 0 aliphatic carbocycles. The summed E-state index contributed by atoms with van der Waals surface area (Å²) < 4.78 is 0. The molecule has 1 aromatic rings. The molecular weight excluding hydrogens is 186 g/mol. The van der Waals surface area contributed by atoms with Crippen molar-refractivity contribution in [3.8, 4) is 5.75 Å². The van der Waals surface area contributed by atoms with E-state index in [1.807, 2.05) is 0 Å². The maximum atomic E-state index is 10.4. The summed E-state index contributed by atoms with van der Waals surface area (Å²) in [6.07, 6.45) is 0.00745. The lowest BCUT2D eigenvalue weighted by atomic mass is 10.1. The van der Waals surface area contributed by atoms with Crippen LogP contribution in [-0.2, 0) is 6.42 Å². The van der Waals surface area contributed by atoms with E-state index in [-0.39, 0.29) is 29.3 Å². The van der Waals surface area contributed by atoms with E-state index in [4.69, 9.17) is 11.1 Å². The molecule has 0 aliphatic rings. The van der Waals surface area contributed by atoms with Crippen molar-refractivity contribution < 1.29 is 10.0 Å². The molecule has 0 radical (unpaired) electrons. The zero-order valence-electron chi connectivity index (χ0n) is 7.23. The molecule has 0 fully saturated rings. The monoisotopic (exact) mass is 195 g/mol. The van der Waals surface area contributed by atoms with Crippen molar-refractivity contribution in [2.75, 3.05) is 0 Å². The molecular formula is C8H9N3O3. The van der Waals surface area contributed by atoms with Gasteiger partial charge in [-0.2, -0.15) is 0 Å². The molecule has 0 heterocycles. The Balaban J connectivity index is 3.08. The molecule has 0 saturated carbocycles. The number of hydrogen-bond acceptors (Lipinski definition) is 4. The van der Waals surface area contributed by atoms with Gasteiger partial charge in [0.05, 0.1) is 10.8 Å². The van der Waals surface area contributed by atoms with Crippen LogP contribution < -0.4 is 5.73 Å². The fraction of sp³-hybridized carbons (Fsp3) is 0.125. The van der Waals surface area contributed by atoms with Gasteiger partial charge in [0.15, 0.2) is 0 Å². The van der Waals surface area contributed by atoms with E-state index >= 15 is 0 Å². The van der Waals surface area contributed by atoms with Crippen molar-refractivity contribution in [3.63, 3.8) is 0 Å². The molecule has 0 saturated heterocycles. The number of nitrogens with two attached hydrogens (primary N) is 1. The minimum Gasteiger partial charge on any atom is -0.508 e. The van der Waals surface area contributed by atoms with E-state index in [1.54, 1.807) is 0 Å². The van der Waals surface area contributed by atoms with Gasteiger partial charge in [-0.25, -0.2) is 0 Å². The summed E-state index contributed by atoms with van der Waals surface area (Å²) >= 11 is 0. The maximum Gasteiger partial charge on any atom is 0.269 e. The van der Waals surface area contributed by atoms with Crippen LogP contribution in [0.25, 0.3) is 0 Å². The van der Waals surface area contributed by atoms with Crippen LogP contribution in [0.5, 0.6) is 5.75 Å². The molecule has 1 rings (SSSR count). The van der Waals surface area contributed by atoms with Crippen molar-refractivity contribution in [1.29, 1.82) is 5.41 Å². The predicted molar refractivity (Wildman–Crippen MR) is 50.4 cm³/mol. The number of phenols is 1. The number of aromatic hydroxyl groups is 1. The largest absolute Gasteiger partial charge is 0.508 e. The smallest absolute Gasteiger partial charge is 0.269 e. The number of nitrogens with zero attached hydrogens (tertiary/aromatic N) is 1. The highest BCUT2D eigenvalue weighted by Gasteiger charge is 2.10. The normalized spacial score (nSPS) is 9.71. The van der Waals surface area contributed by atoms with E-state index in [0.717, 1.165) is 0 Å².